The topological polar surface area (TPSA) is 237 Å². The summed E-state index contributed by atoms with van der Waals surface area (Å²) in [5.41, 5.74) is 20.5. The third-order valence-electron chi connectivity index (χ3n) is 4.42. The van der Waals surface area contributed by atoms with E-state index < -0.39 is 26.1 Å². The molecule has 1 fully saturated rings. The minimum Gasteiger partial charge on any atom is -0.611 e. The van der Waals surface area contributed by atoms with Crippen LogP contribution in [0.15, 0.2) is 39.3 Å². The quantitative estimate of drug-likeness (QED) is 0.0836. The van der Waals surface area contributed by atoms with Gasteiger partial charge in [0.15, 0.2) is 10.7 Å². The van der Waals surface area contributed by atoms with Crippen LogP contribution >= 0.6 is 0 Å². The zero-order chi connectivity index (χ0) is 21.3. The molecule has 0 bridgehead atoms. The molecule has 1 atom stereocenters. The molecule has 0 amide bonds. The second-order valence-electron chi connectivity index (χ2n) is 6.22. The van der Waals surface area contributed by atoms with Crippen LogP contribution in [0.2, 0.25) is 0 Å². The standard InChI is InChI=1S/C15H21N9O3S2/c16-12-9(3-4-22-15(12)18)8-1-2-10(28(25)7-5-21-6-7)13(29(20,26)27)11(8)14(17)23-24-19/h1-4,7,21,24H,5-6,16,19H2,(H2,17,23)(H2,18,22)(H2,20,26,27). The summed E-state index contributed by atoms with van der Waals surface area (Å²) in [6, 6.07) is 4.49. The molecule has 29 heavy (non-hydrogen) atoms. The highest BCUT2D eigenvalue weighted by molar-refractivity contribution is 7.94. The average Bonchev–Trinajstić information content (AvgIpc) is 2.61. The summed E-state index contributed by atoms with van der Waals surface area (Å²) in [4.78, 5) is 3.51. The fourth-order valence-electron chi connectivity index (χ4n) is 2.93. The normalized spacial score (nSPS) is 16.3. The summed E-state index contributed by atoms with van der Waals surface area (Å²) in [5, 5.41) is 11.9. The van der Waals surface area contributed by atoms with E-state index in [-0.39, 0.29) is 38.6 Å². The van der Waals surface area contributed by atoms with Crippen LogP contribution in [0.5, 0.6) is 0 Å². The predicted octanol–water partition coefficient (Wildman–Crippen LogP) is -2.28. The number of hydrazine groups is 1. The molecule has 156 valence electrons. The van der Waals surface area contributed by atoms with Crippen molar-refractivity contribution in [3.8, 4) is 11.1 Å². The first-order chi connectivity index (χ1) is 13.7. The maximum absolute atomic E-state index is 13.0. The number of hydrogen-bond acceptors (Lipinski definition) is 10. The second kappa shape index (κ2) is 8.02. The van der Waals surface area contributed by atoms with E-state index in [4.69, 9.17) is 28.2 Å². The van der Waals surface area contributed by atoms with Gasteiger partial charge < -0.3 is 27.1 Å². The number of pyridine rings is 1. The van der Waals surface area contributed by atoms with E-state index in [0.29, 0.717) is 18.7 Å². The number of nitrogens with two attached hydrogens (primary N) is 5. The highest BCUT2D eigenvalue weighted by atomic mass is 32.2. The molecular weight excluding hydrogens is 418 g/mol. The lowest BCUT2D eigenvalue weighted by Crippen LogP contribution is -2.51. The van der Waals surface area contributed by atoms with Crippen molar-refractivity contribution in [1.29, 1.82) is 0 Å². The molecule has 1 aliphatic heterocycles. The van der Waals surface area contributed by atoms with Gasteiger partial charge in [-0.25, -0.2) is 29.9 Å². The SMILES string of the molecule is NN/N=C(\N)c1c(-c2ccnc(N)c2N)ccc([S+]([O-])C2CNC2)c1S(N)(=O)=O. The Morgan fingerprint density at radius 2 is 1.97 bits per heavy atom. The second-order valence-corrected chi connectivity index (χ2v) is 9.42. The predicted molar refractivity (Wildman–Crippen MR) is 111 cm³/mol. The van der Waals surface area contributed by atoms with Crippen molar-refractivity contribution in [2.75, 3.05) is 24.6 Å². The first-order valence-electron chi connectivity index (χ1n) is 8.27. The minimum atomic E-state index is -4.37. The van der Waals surface area contributed by atoms with Crippen LogP contribution in [-0.4, -0.2) is 42.1 Å². The van der Waals surface area contributed by atoms with Gasteiger partial charge in [0, 0.05) is 24.8 Å². The first kappa shape index (κ1) is 21.1. The molecule has 14 heteroatoms. The molecule has 1 unspecified atom stereocenters. The van der Waals surface area contributed by atoms with Crippen LogP contribution in [-0.2, 0) is 21.2 Å². The van der Waals surface area contributed by atoms with Gasteiger partial charge in [-0.05, 0) is 34.9 Å². The number of nitrogens with one attached hydrogen (secondary N) is 2. The zero-order valence-electron chi connectivity index (χ0n) is 15.1. The number of aromatic nitrogens is 1. The van der Waals surface area contributed by atoms with Crippen molar-refractivity contribution in [3.63, 3.8) is 0 Å². The molecule has 12 N–H and O–H groups in total. The van der Waals surface area contributed by atoms with Gasteiger partial charge in [0.25, 0.3) is 0 Å². The van der Waals surface area contributed by atoms with Crippen LogP contribution < -0.4 is 39.0 Å². The van der Waals surface area contributed by atoms with Gasteiger partial charge in [-0.15, -0.1) is 5.10 Å². The zero-order valence-corrected chi connectivity index (χ0v) is 16.8. The van der Waals surface area contributed by atoms with Crippen LogP contribution in [0.25, 0.3) is 11.1 Å². The van der Waals surface area contributed by atoms with E-state index in [0.717, 1.165) is 0 Å². The van der Waals surface area contributed by atoms with E-state index in [1.807, 2.05) is 5.53 Å². The van der Waals surface area contributed by atoms with Gasteiger partial charge in [0.2, 0.25) is 10.0 Å². The maximum Gasteiger partial charge on any atom is 0.243 e. The summed E-state index contributed by atoms with van der Waals surface area (Å²) in [6.07, 6.45) is 1.40. The Morgan fingerprint density at radius 1 is 1.28 bits per heavy atom. The van der Waals surface area contributed by atoms with E-state index in [9.17, 15) is 13.0 Å². The molecule has 0 radical (unpaired) electrons. The summed E-state index contributed by atoms with van der Waals surface area (Å²) in [6.45, 7) is 0.963. The lowest BCUT2D eigenvalue weighted by atomic mass is 9.98. The number of nitrogens with zero attached hydrogens (tertiary/aromatic N) is 2. The Morgan fingerprint density at radius 3 is 2.52 bits per heavy atom. The van der Waals surface area contributed by atoms with Gasteiger partial charge in [-0.2, -0.15) is 0 Å². The first-order valence-corrected chi connectivity index (χ1v) is 11.0. The number of sulfonamides is 1. The van der Waals surface area contributed by atoms with Crippen molar-refractivity contribution in [1.82, 2.24) is 15.8 Å². The summed E-state index contributed by atoms with van der Waals surface area (Å²) in [7, 11) is -4.37. The number of anilines is 2. The summed E-state index contributed by atoms with van der Waals surface area (Å²) < 4.78 is 38.1. The van der Waals surface area contributed by atoms with Crippen LogP contribution in [0.3, 0.4) is 0 Å². The summed E-state index contributed by atoms with van der Waals surface area (Å²) >= 11 is -1.66. The van der Waals surface area contributed by atoms with Gasteiger partial charge in [-0.1, -0.05) is 0 Å². The number of hydrazone groups is 1. The number of nitrogen functional groups attached to an aromatic ring is 2. The van der Waals surface area contributed by atoms with Crippen LogP contribution in [0.1, 0.15) is 5.56 Å². The van der Waals surface area contributed by atoms with E-state index in [1.165, 1.54) is 24.4 Å². The smallest absolute Gasteiger partial charge is 0.243 e. The molecule has 1 aliphatic rings. The average molecular weight is 440 g/mol. The Balaban J connectivity index is 2.39. The van der Waals surface area contributed by atoms with Crippen LogP contribution in [0.4, 0.5) is 11.5 Å². The maximum atomic E-state index is 13.0. The number of amidine groups is 1. The van der Waals surface area contributed by atoms with Gasteiger partial charge in [0.1, 0.15) is 16.0 Å². The molecule has 2 heterocycles. The van der Waals surface area contributed by atoms with Gasteiger partial charge >= 0.3 is 0 Å². The third-order valence-corrected chi connectivity index (χ3v) is 7.26. The minimum absolute atomic E-state index is 0.0218. The van der Waals surface area contributed by atoms with Crippen molar-refractivity contribution in [2.45, 2.75) is 15.0 Å². The molecule has 0 saturated carbocycles. The number of primary sulfonamides is 1. The molecule has 3 rings (SSSR count). The number of benzene rings is 1. The third kappa shape index (κ3) is 3.93. The fraction of sp³-hybridized carbons (Fsp3) is 0.200. The fourth-order valence-corrected chi connectivity index (χ4v) is 5.75. The van der Waals surface area contributed by atoms with Crippen molar-refractivity contribution in [2.24, 2.45) is 21.8 Å². The monoisotopic (exact) mass is 439 g/mol. The van der Waals surface area contributed by atoms with Crippen molar-refractivity contribution < 1.29 is 13.0 Å². The number of rotatable bonds is 6. The number of hydrogen-bond donors (Lipinski definition) is 7. The Bertz CT molecular complexity index is 1070. The van der Waals surface area contributed by atoms with Crippen molar-refractivity contribution in [3.05, 3.63) is 30.0 Å². The lowest BCUT2D eigenvalue weighted by Gasteiger charge is -2.30. The Hall–Kier alpha value is -2.62. The highest BCUT2D eigenvalue weighted by Crippen LogP contribution is 2.37. The largest absolute Gasteiger partial charge is 0.611 e. The molecule has 1 saturated heterocycles. The van der Waals surface area contributed by atoms with E-state index in [1.54, 1.807) is 0 Å². The lowest BCUT2D eigenvalue weighted by molar-refractivity contribution is 0.493. The van der Waals surface area contributed by atoms with Gasteiger partial charge in [-0.3, -0.25) is 0 Å². The summed E-state index contributed by atoms with van der Waals surface area (Å²) in [5.74, 6) is 4.99. The highest BCUT2D eigenvalue weighted by Gasteiger charge is 2.37. The molecule has 0 aliphatic carbocycles. The van der Waals surface area contributed by atoms with Crippen LogP contribution in [0, 0.1) is 0 Å². The van der Waals surface area contributed by atoms with E-state index >= 15 is 0 Å². The van der Waals surface area contributed by atoms with Gasteiger partial charge in [0.05, 0.1) is 11.3 Å². The molecule has 1 aromatic carbocycles. The molecule has 0 spiro atoms. The Labute approximate surface area is 170 Å². The van der Waals surface area contributed by atoms with Crippen molar-refractivity contribution >= 4 is 38.5 Å². The molecule has 1 aromatic heterocycles. The molecule has 12 nitrogen and oxygen atoms in total. The molecular formula is C15H21N9O3S2. The van der Waals surface area contributed by atoms with E-state index in [2.05, 4.69) is 15.4 Å². The molecule has 2 aromatic rings. The Kier molecular flexibility index (Phi) is 5.83.